The number of halogens is 2. The number of hydrogen-bond donors (Lipinski definition) is 1. The zero-order valence-electron chi connectivity index (χ0n) is 13.0. The molecule has 3 rings (SSSR count). The van der Waals surface area contributed by atoms with E-state index in [-0.39, 0.29) is 11.8 Å². The zero-order chi connectivity index (χ0) is 16.2. The van der Waals surface area contributed by atoms with E-state index in [4.69, 9.17) is 0 Å². The van der Waals surface area contributed by atoms with Gasteiger partial charge in [-0.1, -0.05) is 11.3 Å². The highest BCUT2D eigenvalue weighted by atomic mass is 19.3. The van der Waals surface area contributed by atoms with Crippen LogP contribution >= 0.6 is 0 Å². The summed E-state index contributed by atoms with van der Waals surface area (Å²) in [6, 6.07) is 5.42. The van der Waals surface area contributed by atoms with Crippen molar-refractivity contribution >= 4 is 0 Å². The van der Waals surface area contributed by atoms with Gasteiger partial charge in [0, 0.05) is 25.3 Å². The Morgan fingerprint density at radius 1 is 1.43 bits per heavy atom. The van der Waals surface area contributed by atoms with E-state index >= 15 is 0 Å². The first-order chi connectivity index (χ1) is 11.2. The molecule has 1 N–H and O–H groups in total. The number of hydrogen-bond acceptors (Lipinski definition) is 4. The van der Waals surface area contributed by atoms with Gasteiger partial charge in [-0.15, -0.1) is 5.10 Å². The van der Waals surface area contributed by atoms with Gasteiger partial charge < -0.3 is 10.1 Å². The van der Waals surface area contributed by atoms with Crippen molar-refractivity contribution in [2.75, 3.05) is 0 Å². The summed E-state index contributed by atoms with van der Waals surface area (Å²) in [7, 11) is 0. The molecule has 0 saturated heterocycles. The van der Waals surface area contributed by atoms with Crippen molar-refractivity contribution in [3.05, 3.63) is 41.2 Å². The predicted octanol–water partition coefficient (Wildman–Crippen LogP) is 3.07. The molecule has 0 aliphatic heterocycles. The van der Waals surface area contributed by atoms with E-state index in [1.165, 1.54) is 0 Å². The Bertz CT molecular complexity index is 659. The van der Waals surface area contributed by atoms with Crippen LogP contribution in [-0.2, 0) is 19.5 Å². The Kier molecular flexibility index (Phi) is 4.85. The number of ether oxygens (including phenoxy) is 1. The van der Waals surface area contributed by atoms with Crippen LogP contribution in [0.1, 0.15) is 42.6 Å². The monoisotopic (exact) mass is 322 g/mol. The summed E-state index contributed by atoms with van der Waals surface area (Å²) in [6.45, 7) is 0.667. The van der Waals surface area contributed by atoms with Crippen LogP contribution in [0.15, 0.2) is 24.4 Å². The molecule has 1 aliphatic rings. The van der Waals surface area contributed by atoms with Crippen LogP contribution in [0.4, 0.5) is 8.78 Å². The number of rotatable bonds is 6. The normalized spacial score (nSPS) is 17.3. The molecule has 0 radical (unpaired) electrons. The summed E-state index contributed by atoms with van der Waals surface area (Å²) < 4.78 is 30.9. The number of aryl methyl sites for hydroxylation is 2. The second kappa shape index (κ2) is 7.04. The molecule has 1 aromatic heterocycles. The van der Waals surface area contributed by atoms with E-state index < -0.39 is 6.61 Å². The Morgan fingerprint density at radius 3 is 3.04 bits per heavy atom. The van der Waals surface area contributed by atoms with Crippen molar-refractivity contribution in [2.45, 2.75) is 51.9 Å². The van der Waals surface area contributed by atoms with Gasteiger partial charge in [0.15, 0.2) is 0 Å². The van der Waals surface area contributed by atoms with Gasteiger partial charge in [-0.2, -0.15) is 8.78 Å². The van der Waals surface area contributed by atoms with Crippen molar-refractivity contribution in [3.63, 3.8) is 0 Å². The largest absolute Gasteiger partial charge is 0.435 e. The Labute approximate surface area is 133 Å². The molecule has 0 spiro atoms. The van der Waals surface area contributed by atoms with Crippen LogP contribution in [0, 0.1) is 0 Å². The molecule has 7 heteroatoms. The average molecular weight is 322 g/mol. The third-order valence-corrected chi connectivity index (χ3v) is 4.09. The number of fused-ring (bicyclic) bond motifs is 1. The molecule has 2 aromatic rings. The second-order valence-electron chi connectivity index (χ2n) is 5.63. The van der Waals surface area contributed by atoms with Gasteiger partial charge in [-0.3, -0.25) is 4.68 Å². The SMILES string of the molecule is CCn1cc(CNC2CCCc3cc(OC(F)F)ccc32)nn1. The third-order valence-electron chi connectivity index (χ3n) is 4.09. The van der Waals surface area contributed by atoms with Crippen LogP contribution in [0.5, 0.6) is 5.75 Å². The van der Waals surface area contributed by atoms with E-state index in [0.29, 0.717) is 6.54 Å². The van der Waals surface area contributed by atoms with Gasteiger partial charge in [0.2, 0.25) is 0 Å². The molecule has 1 heterocycles. The van der Waals surface area contributed by atoms with Crippen LogP contribution in [-0.4, -0.2) is 21.6 Å². The molecule has 1 unspecified atom stereocenters. The fourth-order valence-electron chi connectivity index (χ4n) is 2.98. The lowest BCUT2D eigenvalue weighted by atomic mass is 9.87. The Hall–Kier alpha value is -2.02. The van der Waals surface area contributed by atoms with Crippen molar-refractivity contribution in [1.29, 1.82) is 0 Å². The van der Waals surface area contributed by atoms with E-state index in [1.54, 1.807) is 16.8 Å². The van der Waals surface area contributed by atoms with Crippen LogP contribution in [0.25, 0.3) is 0 Å². The fourth-order valence-corrected chi connectivity index (χ4v) is 2.98. The molecule has 1 aromatic carbocycles. The highest BCUT2D eigenvalue weighted by Gasteiger charge is 2.21. The van der Waals surface area contributed by atoms with Gasteiger partial charge in [0.25, 0.3) is 0 Å². The van der Waals surface area contributed by atoms with E-state index in [0.717, 1.165) is 42.6 Å². The fraction of sp³-hybridized carbons (Fsp3) is 0.500. The highest BCUT2D eigenvalue weighted by Crippen LogP contribution is 2.32. The molecule has 0 saturated carbocycles. The van der Waals surface area contributed by atoms with Crippen LogP contribution in [0.3, 0.4) is 0 Å². The standard InChI is InChI=1S/C16H20F2N4O/c1-2-22-10-12(20-21-22)9-19-15-5-3-4-11-8-13(23-16(17)18)6-7-14(11)15/h6-8,10,15-16,19H,2-5,9H2,1H3. The van der Waals surface area contributed by atoms with Gasteiger partial charge >= 0.3 is 6.61 Å². The highest BCUT2D eigenvalue weighted by molar-refractivity contribution is 5.39. The quantitative estimate of drug-likeness (QED) is 0.888. The Balaban J connectivity index is 1.68. The first-order valence-electron chi connectivity index (χ1n) is 7.85. The number of nitrogens with one attached hydrogen (secondary N) is 1. The molecule has 0 amide bonds. The first-order valence-corrected chi connectivity index (χ1v) is 7.85. The van der Waals surface area contributed by atoms with Crippen LogP contribution in [0.2, 0.25) is 0 Å². The van der Waals surface area contributed by atoms with Gasteiger partial charge in [0.1, 0.15) is 5.75 Å². The topological polar surface area (TPSA) is 52.0 Å². The summed E-state index contributed by atoms with van der Waals surface area (Å²) in [5, 5.41) is 11.6. The van der Waals surface area contributed by atoms with Gasteiger partial charge in [0.05, 0.1) is 5.69 Å². The minimum atomic E-state index is -2.79. The summed E-state index contributed by atoms with van der Waals surface area (Å²) in [5.74, 6) is 0.227. The lowest BCUT2D eigenvalue weighted by molar-refractivity contribution is -0.0499. The molecular weight excluding hydrogens is 302 g/mol. The van der Waals surface area contributed by atoms with Gasteiger partial charge in [-0.25, -0.2) is 0 Å². The molecule has 0 fully saturated rings. The number of benzene rings is 1. The van der Waals surface area contributed by atoms with Gasteiger partial charge in [-0.05, 0) is 49.4 Å². The molecule has 124 valence electrons. The minimum Gasteiger partial charge on any atom is -0.435 e. The predicted molar refractivity (Wildman–Crippen MR) is 81.3 cm³/mol. The van der Waals surface area contributed by atoms with Crippen molar-refractivity contribution < 1.29 is 13.5 Å². The van der Waals surface area contributed by atoms with E-state index in [2.05, 4.69) is 20.4 Å². The minimum absolute atomic E-state index is 0.200. The zero-order valence-corrected chi connectivity index (χ0v) is 13.0. The summed E-state index contributed by atoms with van der Waals surface area (Å²) in [6.07, 6.45) is 4.85. The first kappa shape index (κ1) is 15.9. The molecule has 1 aliphatic carbocycles. The summed E-state index contributed by atoms with van der Waals surface area (Å²) in [4.78, 5) is 0. The maximum absolute atomic E-state index is 12.3. The smallest absolute Gasteiger partial charge is 0.387 e. The second-order valence-corrected chi connectivity index (χ2v) is 5.63. The molecule has 5 nitrogen and oxygen atoms in total. The van der Waals surface area contributed by atoms with Crippen molar-refractivity contribution in [3.8, 4) is 5.75 Å². The third kappa shape index (κ3) is 3.85. The van der Waals surface area contributed by atoms with Crippen molar-refractivity contribution in [2.24, 2.45) is 0 Å². The molecule has 1 atom stereocenters. The number of alkyl halides is 2. The molecule has 23 heavy (non-hydrogen) atoms. The van der Waals surface area contributed by atoms with E-state index in [9.17, 15) is 8.78 Å². The lowest BCUT2D eigenvalue weighted by Gasteiger charge is -2.26. The van der Waals surface area contributed by atoms with Crippen LogP contribution < -0.4 is 10.1 Å². The van der Waals surface area contributed by atoms with Crippen molar-refractivity contribution in [1.82, 2.24) is 20.3 Å². The Morgan fingerprint density at radius 2 is 2.30 bits per heavy atom. The molecule has 0 bridgehead atoms. The maximum atomic E-state index is 12.3. The lowest BCUT2D eigenvalue weighted by Crippen LogP contribution is -2.25. The maximum Gasteiger partial charge on any atom is 0.387 e. The average Bonchev–Trinajstić information content (AvgIpc) is 3.00. The van der Waals surface area contributed by atoms with E-state index in [1.807, 2.05) is 19.2 Å². The summed E-state index contributed by atoms with van der Waals surface area (Å²) in [5.41, 5.74) is 3.13. The number of nitrogens with zero attached hydrogens (tertiary/aromatic N) is 3. The molecular formula is C16H20F2N4O. The summed E-state index contributed by atoms with van der Waals surface area (Å²) >= 11 is 0. The number of aromatic nitrogens is 3.